The zero-order chi connectivity index (χ0) is 20.2. The summed E-state index contributed by atoms with van der Waals surface area (Å²) in [6, 6.07) is 0.419. The minimum atomic E-state index is -0.500. The Balaban J connectivity index is 1.38. The van der Waals surface area contributed by atoms with Crippen LogP contribution in [0.5, 0.6) is 6.01 Å². The maximum atomic E-state index is 13.3. The summed E-state index contributed by atoms with van der Waals surface area (Å²) in [5.74, 6) is 1.22. The van der Waals surface area contributed by atoms with Gasteiger partial charge < -0.3 is 19.9 Å². The van der Waals surface area contributed by atoms with Crippen LogP contribution in [0.2, 0.25) is 0 Å². The van der Waals surface area contributed by atoms with Crippen molar-refractivity contribution in [2.45, 2.75) is 82.6 Å². The van der Waals surface area contributed by atoms with E-state index in [1.54, 1.807) is 6.20 Å². The van der Waals surface area contributed by atoms with Crippen LogP contribution < -0.4 is 10.1 Å². The van der Waals surface area contributed by atoms with Gasteiger partial charge >= 0.3 is 6.01 Å². The summed E-state index contributed by atoms with van der Waals surface area (Å²) >= 11 is 0. The van der Waals surface area contributed by atoms with Gasteiger partial charge in [-0.3, -0.25) is 4.79 Å². The number of aliphatic hydroxyl groups is 1. The molecule has 1 aromatic rings. The molecule has 1 amide bonds. The Hall–Kier alpha value is -1.73. The molecule has 0 aromatic carbocycles. The van der Waals surface area contributed by atoms with E-state index in [0.717, 1.165) is 44.9 Å². The second kappa shape index (κ2) is 7.20. The molecule has 2 N–H and O–H groups in total. The van der Waals surface area contributed by atoms with E-state index in [2.05, 4.69) is 15.3 Å². The van der Waals surface area contributed by atoms with E-state index in [0.29, 0.717) is 41.6 Å². The monoisotopic (exact) mass is 401 g/mol. The van der Waals surface area contributed by atoms with E-state index in [4.69, 9.17) is 9.47 Å². The van der Waals surface area contributed by atoms with E-state index in [-0.39, 0.29) is 24.2 Å². The summed E-state index contributed by atoms with van der Waals surface area (Å²) in [7, 11) is 0. The molecule has 29 heavy (non-hydrogen) atoms. The highest BCUT2D eigenvalue weighted by Gasteiger charge is 2.55. The van der Waals surface area contributed by atoms with Gasteiger partial charge in [-0.15, -0.1) is 0 Å². The van der Waals surface area contributed by atoms with Crippen molar-refractivity contribution < 1.29 is 19.4 Å². The van der Waals surface area contributed by atoms with Gasteiger partial charge in [0.1, 0.15) is 6.10 Å². The molecular formula is C22H31N3O4. The summed E-state index contributed by atoms with van der Waals surface area (Å²) in [5.41, 5.74) is 0.619. The molecule has 4 saturated carbocycles. The molecule has 5 fully saturated rings. The average Bonchev–Trinajstić information content (AvgIpc) is 3.17. The summed E-state index contributed by atoms with van der Waals surface area (Å²) in [5, 5.41) is 14.1. The van der Waals surface area contributed by atoms with Crippen LogP contribution in [0.15, 0.2) is 6.20 Å². The molecule has 6 rings (SSSR count). The number of hydrogen-bond donors (Lipinski definition) is 2. The SMILES string of the molecule is CC(C)Oc1ncc(C(=O)N[C@H]2C3CC4CC2C[C@@](O)(C4)C3)c([C@@H]2CCCO2)n1. The van der Waals surface area contributed by atoms with Gasteiger partial charge in [0.25, 0.3) is 5.91 Å². The Morgan fingerprint density at radius 1 is 1.31 bits per heavy atom. The highest BCUT2D eigenvalue weighted by atomic mass is 16.5. The van der Waals surface area contributed by atoms with Gasteiger partial charge in [-0.05, 0) is 76.5 Å². The fraction of sp³-hybridized carbons (Fsp3) is 0.773. The van der Waals surface area contributed by atoms with Crippen LogP contribution >= 0.6 is 0 Å². The van der Waals surface area contributed by atoms with Gasteiger partial charge in [0.05, 0.1) is 23.0 Å². The van der Waals surface area contributed by atoms with Gasteiger partial charge in [-0.1, -0.05) is 0 Å². The zero-order valence-corrected chi connectivity index (χ0v) is 17.3. The molecule has 4 bridgehead atoms. The predicted octanol–water partition coefficient (Wildman–Crippen LogP) is 2.78. The third-order valence-corrected chi connectivity index (χ3v) is 7.16. The third kappa shape index (κ3) is 3.63. The number of hydrogen-bond acceptors (Lipinski definition) is 6. The number of aromatic nitrogens is 2. The number of carbonyl (C=O) groups is 1. The maximum Gasteiger partial charge on any atom is 0.316 e. The fourth-order valence-corrected chi connectivity index (χ4v) is 6.31. The van der Waals surface area contributed by atoms with E-state index in [9.17, 15) is 9.90 Å². The molecule has 1 saturated heterocycles. The van der Waals surface area contributed by atoms with Crippen LogP contribution in [-0.2, 0) is 4.74 Å². The molecule has 4 aliphatic carbocycles. The molecule has 0 spiro atoms. The lowest BCUT2D eigenvalue weighted by Crippen LogP contribution is -2.61. The van der Waals surface area contributed by atoms with Gasteiger partial charge in [0.15, 0.2) is 0 Å². The molecule has 1 aromatic heterocycles. The minimum absolute atomic E-state index is 0.0362. The molecule has 7 heteroatoms. The smallest absolute Gasteiger partial charge is 0.316 e. The van der Waals surface area contributed by atoms with Crippen molar-refractivity contribution >= 4 is 5.91 Å². The summed E-state index contributed by atoms with van der Waals surface area (Å²) in [6.45, 7) is 4.54. The third-order valence-electron chi connectivity index (χ3n) is 7.16. The molecule has 158 valence electrons. The highest BCUT2D eigenvalue weighted by molar-refractivity contribution is 5.95. The lowest BCUT2D eigenvalue weighted by Gasteiger charge is -2.58. The zero-order valence-electron chi connectivity index (χ0n) is 17.3. The number of amides is 1. The van der Waals surface area contributed by atoms with Gasteiger partial charge in [-0.25, -0.2) is 4.98 Å². The summed E-state index contributed by atoms with van der Waals surface area (Å²) in [4.78, 5) is 22.1. The number of nitrogens with one attached hydrogen (secondary N) is 1. The molecule has 2 heterocycles. The fourth-order valence-electron chi connectivity index (χ4n) is 6.31. The first-order valence-electron chi connectivity index (χ1n) is 11.1. The lowest BCUT2D eigenvalue weighted by atomic mass is 9.52. The molecule has 5 aliphatic rings. The van der Waals surface area contributed by atoms with Crippen molar-refractivity contribution in [3.8, 4) is 6.01 Å². The van der Waals surface area contributed by atoms with Crippen LogP contribution in [0.1, 0.15) is 80.9 Å². The summed E-state index contributed by atoms with van der Waals surface area (Å²) < 4.78 is 11.5. The Bertz CT molecular complexity index is 776. The van der Waals surface area contributed by atoms with Crippen molar-refractivity contribution in [2.75, 3.05) is 6.61 Å². The molecule has 0 radical (unpaired) electrons. The summed E-state index contributed by atoms with van der Waals surface area (Å²) in [6.07, 6.45) is 7.95. The van der Waals surface area contributed by atoms with Crippen molar-refractivity contribution in [1.82, 2.24) is 15.3 Å². The van der Waals surface area contributed by atoms with Crippen LogP contribution in [0.3, 0.4) is 0 Å². The molecule has 2 unspecified atom stereocenters. The first kappa shape index (κ1) is 19.2. The predicted molar refractivity (Wildman–Crippen MR) is 105 cm³/mol. The van der Waals surface area contributed by atoms with E-state index < -0.39 is 5.60 Å². The average molecular weight is 402 g/mol. The van der Waals surface area contributed by atoms with Crippen LogP contribution in [0.25, 0.3) is 0 Å². The Kier molecular flexibility index (Phi) is 4.78. The standard InChI is InChI=1S/C22H31N3O4/c1-12(2)29-21-23-11-16(19(25-21)17-4-3-5-28-17)20(26)24-18-14-6-13-7-15(18)10-22(27,8-13)9-14/h11-15,17-18,27H,3-10H2,1-2H3,(H,24,26)/t13?,14?,15?,17-,18-,22+/m0/s1. The van der Waals surface area contributed by atoms with Crippen LogP contribution in [0.4, 0.5) is 0 Å². The first-order chi connectivity index (χ1) is 13.9. The Labute approximate surface area is 171 Å². The van der Waals surface area contributed by atoms with Gasteiger partial charge in [0, 0.05) is 18.8 Å². The van der Waals surface area contributed by atoms with E-state index in [1.807, 2.05) is 13.8 Å². The van der Waals surface area contributed by atoms with Gasteiger partial charge in [-0.2, -0.15) is 4.98 Å². The number of rotatable bonds is 5. The first-order valence-corrected chi connectivity index (χ1v) is 11.1. The molecule has 1 aliphatic heterocycles. The Morgan fingerprint density at radius 3 is 2.69 bits per heavy atom. The van der Waals surface area contributed by atoms with Crippen LogP contribution in [0, 0.1) is 17.8 Å². The van der Waals surface area contributed by atoms with Gasteiger partial charge in [0.2, 0.25) is 0 Å². The van der Waals surface area contributed by atoms with Crippen molar-refractivity contribution in [3.63, 3.8) is 0 Å². The van der Waals surface area contributed by atoms with Crippen molar-refractivity contribution in [1.29, 1.82) is 0 Å². The lowest BCUT2D eigenvalue weighted by molar-refractivity contribution is -0.136. The number of nitrogens with zero attached hydrogens (tertiary/aromatic N) is 2. The molecule has 3 atom stereocenters. The van der Waals surface area contributed by atoms with E-state index >= 15 is 0 Å². The number of carbonyl (C=O) groups excluding carboxylic acids is 1. The second-order valence-electron chi connectivity index (χ2n) is 9.81. The molecular weight excluding hydrogens is 370 g/mol. The minimum Gasteiger partial charge on any atom is -0.461 e. The molecule has 7 nitrogen and oxygen atoms in total. The quantitative estimate of drug-likeness (QED) is 0.788. The second-order valence-corrected chi connectivity index (χ2v) is 9.81. The van der Waals surface area contributed by atoms with Crippen molar-refractivity contribution in [3.05, 3.63) is 17.5 Å². The number of ether oxygens (including phenoxy) is 2. The van der Waals surface area contributed by atoms with Crippen LogP contribution in [-0.4, -0.2) is 45.3 Å². The normalized spacial score (nSPS) is 37.9. The maximum absolute atomic E-state index is 13.3. The largest absolute Gasteiger partial charge is 0.461 e. The Morgan fingerprint density at radius 2 is 2.07 bits per heavy atom. The highest BCUT2D eigenvalue weighted by Crippen LogP contribution is 2.55. The topological polar surface area (TPSA) is 93.6 Å². The van der Waals surface area contributed by atoms with Crippen molar-refractivity contribution in [2.24, 2.45) is 17.8 Å². The van der Waals surface area contributed by atoms with E-state index in [1.165, 1.54) is 0 Å².